The Morgan fingerprint density at radius 1 is 1.56 bits per heavy atom. The average Bonchev–Trinajstić information content (AvgIpc) is 2.66. The van der Waals surface area contributed by atoms with Crippen molar-refractivity contribution in [2.24, 2.45) is 0 Å². The molecule has 0 aliphatic heterocycles. The van der Waals surface area contributed by atoms with Gasteiger partial charge in [0.05, 0.1) is 5.75 Å². The molecule has 0 aliphatic carbocycles. The first-order valence-corrected chi connectivity index (χ1v) is 5.74. The van der Waals surface area contributed by atoms with Gasteiger partial charge in [0.15, 0.2) is 12.4 Å². The van der Waals surface area contributed by atoms with Crippen molar-refractivity contribution in [2.75, 3.05) is 12.9 Å². The number of thioether (sulfide) groups is 1. The van der Waals surface area contributed by atoms with Gasteiger partial charge in [-0.15, -0.1) is 0 Å². The Bertz CT molecular complexity index is 376. The molecule has 6 nitrogen and oxygen atoms in total. The van der Waals surface area contributed by atoms with Crippen molar-refractivity contribution in [2.45, 2.75) is 5.75 Å². The molecule has 88 valence electrons. The lowest BCUT2D eigenvalue weighted by molar-refractivity contribution is -0.144. The Labute approximate surface area is 95.9 Å². The molecule has 0 saturated carbocycles. The van der Waals surface area contributed by atoms with Gasteiger partial charge in [-0.05, 0) is 18.4 Å². The van der Waals surface area contributed by atoms with Crippen molar-refractivity contribution in [1.29, 1.82) is 0 Å². The largest absolute Gasteiger partial charge is 0.479 e. The van der Waals surface area contributed by atoms with Gasteiger partial charge in [-0.3, -0.25) is 9.63 Å². The number of carboxylic acid groups (broad SMARTS) is 1. The van der Waals surface area contributed by atoms with Crippen LogP contribution in [0.25, 0.3) is 0 Å². The van der Waals surface area contributed by atoms with E-state index in [-0.39, 0.29) is 5.76 Å². The van der Waals surface area contributed by atoms with Gasteiger partial charge in [0, 0.05) is 0 Å². The van der Waals surface area contributed by atoms with Crippen LogP contribution in [0.1, 0.15) is 16.3 Å². The molecule has 0 atom stereocenters. The van der Waals surface area contributed by atoms with E-state index >= 15 is 0 Å². The highest BCUT2D eigenvalue weighted by atomic mass is 32.2. The van der Waals surface area contributed by atoms with E-state index in [2.05, 4.69) is 4.84 Å². The fourth-order valence-electron chi connectivity index (χ4n) is 0.933. The molecule has 1 amide bonds. The van der Waals surface area contributed by atoms with Crippen molar-refractivity contribution in [3.05, 3.63) is 23.7 Å². The predicted molar refractivity (Wildman–Crippen MR) is 57.0 cm³/mol. The van der Waals surface area contributed by atoms with Crippen molar-refractivity contribution < 1.29 is 24.0 Å². The number of hydrogen-bond donors (Lipinski definition) is 2. The number of carbonyl (C=O) groups is 2. The van der Waals surface area contributed by atoms with Crippen LogP contribution >= 0.6 is 11.8 Å². The normalized spacial score (nSPS) is 10.1. The summed E-state index contributed by atoms with van der Waals surface area (Å²) < 4.78 is 5.18. The standard InChI is InChI=1S/C9H11NO5S/c1-16-5-6-2-3-7(15-6)9(13)10-14-4-8(11)12/h2-3H,4-5H2,1H3,(H,10,13)(H,11,12). The Morgan fingerprint density at radius 2 is 2.31 bits per heavy atom. The first-order valence-electron chi connectivity index (χ1n) is 4.35. The highest BCUT2D eigenvalue weighted by Crippen LogP contribution is 2.13. The van der Waals surface area contributed by atoms with Crippen LogP contribution in [-0.2, 0) is 15.4 Å². The van der Waals surface area contributed by atoms with Crippen LogP contribution < -0.4 is 5.48 Å². The summed E-state index contributed by atoms with van der Waals surface area (Å²) in [6, 6.07) is 3.19. The van der Waals surface area contributed by atoms with Crippen LogP contribution in [0.2, 0.25) is 0 Å². The molecular weight excluding hydrogens is 234 g/mol. The SMILES string of the molecule is CSCc1ccc(C(=O)NOCC(=O)O)o1. The van der Waals surface area contributed by atoms with Crippen LogP contribution in [0.3, 0.4) is 0 Å². The van der Waals surface area contributed by atoms with Crippen LogP contribution in [0.5, 0.6) is 0 Å². The Hall–Kier alpha value is -1.47. The molecular formula is C9H11NO5S. The Kier molecular flexibility index (Phi) is 4.87. The molecule has 0 fully saturated rings. The third-order valence-corrected chi connectivity index (χ3v) is 2.11. The highest BCUT2D eigenvalue weighted by Gasteiger charge is 2.11. The van der Waals surface area contributed by atoms with Crippen LogP contribution in [0.4, 0.5) is 0 Å². The summed E-state index contributed by atoms with van der Waals surface area (Å²) in [5.74, 6) is -0.328. The lowest BCUT2D eigenvalue weighted by Crippen LogP contribution is -2.26. The molecule has 1 heterocycles. The molecule has 1 rings (SSSR count). The summed E-state index contributed by atoms with van der Waals surface area (Å²) in [5, 5.41) is 8.27. The fourth-order valence-corrected chi connectivity index (χ4v) is 1.37. The zero-order valence-electron chi connectivity index (χ0n) is 8.56. The summed E-state index contributed by atoms with van der Waals surface area (Å²) in [6.07, 6.45) is 1.91. The second-order valence-electron chi connectivity index (χ2n) is 2.81. The molecule has 0 aromatic carbocycles. The summed E-state index contributed by atoms with van der Waals surface area (Å²) in [5.41, 5.74) is 1.97. The fraction of sp³-hybridized carbons (Fsp3) is 0.333. The maximum atomic E-state index is 11.3. The number of hydroxylamine groups is 1. The van der Waals surface area contributed by atoms with Gasteiger partial charge in [-0.1, -0.05) is 0 Å². The molecule has 2 N–H and O–H groups in total. The van der Waals surface area contributed by atoms with Gasteiger partial charge in [0.2, 0.25) is 0 Å². The minimum Gasteiger partial charge on any atom is -0.479 e. The molecule has 0 spiro atoms. The maximum Gasteiger partial charge on any atom is 0.332 e. The number of carboxylic acids is 1. The third kappa shape index (κ3) is 3.95. The van der Waals surface area contributed by atoms with E-state index in [0.29, 0.717) is 11.5 Å². The van der Waals surface area contributed by atoms with E-state index in [1.54, 1.807) is 17.8 Å². The summed E-state index contributed by atoms with van der Waals surface area (Å²) in [6.45, 7) is -0.593. The second-order valence-corrected chi connectivity index (χ2v) is 3.68. The number of furan rings is 1. The van der Waals surface area contributed by atoms with Gasteiger partial charge in [0.25, 0.3) is 0 Å². The van der Waals surface area contributed by atoms with Crippen molar-refractivity contribution in [3.8, 4) is 0 Å². The Balaban J connectivity index is 2.43. The summed E-state index contributed by atoms with van der Waals surface area (Å²) in [7, 11) is 0. The smallest absolute Gasteiger partial charge is 0.332 e. The second kappa shape index (κ2) is 6.19. The van der Waals surface area contributed by atoms with Gasteiger partial charge in [-0.2, -0.15) is 11.8 Å². The van der Waals surface area contributed by atoms with E-state index in [1.807, 2.05) is 11.7 Å². The van der Waals surface area contributed by atoms with Gasteiger partial charge in [0.1, 0.15) is 5.76 Å². The maximum absolute atomic E-state index is 11.3. The van der Waals surface area contributed by atoms with E-state index in [1.165, 1.54) is 6.07 Å². The lowest BCUT2D eigenvalue weighted by Gasteiger charge is -2.00. The van der Waals surface area contributed by atoms with E-state index < -0.39 is 18.5 Å². The summed E-state index contributed by atoms with van der Waals surface area (Å²) >= 11 is 1.57. The number of carbonyl (C=O) groups excluding carboxylic acids is 1. The molecule has 0 radical (unpaired) electrons. The van der Waals surface area contributed by atoms with Crippen molar-refractivity contribution >= 4 is 23.6 Å². The minimum atomic E-state index is -1.16. The van der Waals surface area contributed by atoms with Crippen molar-refractivity contribution in [3.63, 3.8) is 0 Å². The number of nitrogens with one attached hydrogen (secondary N) is 1. The van der Waals surface area contributed by atoms with Crippen LogP contribution in [-0.4, -0.2) is 29.8 Å². The van der Waals surface area contributed by atoms with E-state index in [9.17, 15) is 9.59 Å². The van der Waals surface area contributed by atoms with E-state index in [0.717, 1.165) is 0 Å². The first kappa shape index (κ1) is 12.6. The van der Waals surface area contributed by atoms with Crippen molar-refractivity contribution in [1.82, 2.24) is 5.48 Å². The molecule has 0 bridgehead atoms. The zero-order chi connectivity index (χ0) is 12.0. The molecule has 0 saturated heterocycles. The first-order chi connectivity index (χ1) is 7.63. The minimum absolute atomic E-state index is 0.0921. The Morgan fingerprint density at radius 3 is 2.94 bits per heavy atom. The predicted octanol–water partition coefficient (Wildman–Crippen LogP) is 0.889. The number of amides is 1. The molecule has 1 aromatic heterocycles. The molecule has 7 heteroatoms. The lowest BCUT2D eigenvalue weighted by atomic mass is 10.4. The molecule has 1 aromatic rings. The number of hydrogen-bond acceptors (Lipinski definition) is 5. The highest BCUT2D eigenvalue weighted by molar-refractivity contribution is 7.97. The molecule has 0 aliphatic rings. The van der Waals surface area contributed by atoms with Gasteiger partial charge >= 0.3 is 11.9 Å². The van der Waals surface area contributed by atoms with E-state index in [4.69, 9.17) is 9.52 Å². The quantitative estimate of drug-likeness (QED) is 0.723. The van der Waals surface area contributed by atoms with Gasteiger partial charge in [-0.25, -0.2) is 10.3 Å². The third-order valence-electron chi connectivity index (χ3n) is 1.53. The molecule has 0 unspecified atom stereocenters. The van der Waals surface area contributed by atoms with Crippen LogP contribution in [0, 0.1) is 0 Å². The molecule has 16 heavy (non-hydrogen) atoms. The number of aliphatic carboxylic acids is 1. The average molecular weight is 245 g/mol. The topological polar surface area (TPSA) is 88.8 Å². The number of rotatable bonds is 6. The summed E-state index contributed by atoms with van der Waals surface area (Å²) in [4.78, 5) is 25.8. The van der Waals surface area contributed by atoms with Crippen LogP contribution in [0.15, 0.2) is 16.5 Å². The monoisotopic (exact) mass is 245 g/mol. The van der Waals surface area contributed by atoms with Gasteiger partial charge < -0.3 is 9.52 Å². The zero-order valence-corrected chi connectivity index (χ0v) is 9.37.